The molecule has 0 bridgehead atoms. The number of aliphatic hydroxyl groups is 1. The Morgan fingerprint density at radius 3 is 2.38 bits per heavy atom. The van der Waals surface area contributed by atoms with E-state index in [1.807, 2.05) is 43.3 Å². The molecule has 0 unspecified atom stereocenters. The molecule has 4 aromatic rings. The Labute approximate surface area is 187 Å². The molecule has 5 rings (SSSR count). The standard InChI is InChI=1S/C25H17FN2O3S/c1-14-6-8-16(9-7-14)22(29)20-21(15-10-12-17(26)13-11-15)28(24(31)23(20)30)25-27-18-4-2-3-5-19(18)32-25/h2-13,21,29H,1H3/b22-20+/t21-/m0/s1. The number of hydrogen-bond donors (Lipinski definition) is 1. The van der Waals surface area contributed by atoms with Gasteiger partial charge in [-0.25, -0.2) is 9.37 Å². The number of amides is 1. The molecule has 3 aromatic carbocycles. The molecular formula is C25H17FN2O3S. The highest BCUT2D eigenvalue weighted by atomic mass is 32.1. The summed E-state index contributed by atoms with van der Waals surface area (Å²) in [5.41, 5.74) is 2.56. The maximum absolute atomic E-state index is 13.6. The maximum atomic E-state index is 13.6. The second-order valence-corrected chi connectivity index (χ2v) is 8.56. The Bertz CT molecular complexity index is 1360. The molecule has 2 heterocycles. The lowest BCUT2D eigenvalue weighted by molar-refractivity contribution is -0.132. The van der Waals surface area contributed by atoms with Gasteiger partial charge in [-0.2, -0.15) is 0 Å². The zero-order chi connectivity index (χ0) is 22.4. The van der Waals surface area contributed by atoms with E-state index in [1.54, 1.807) is 12.1 Å². The van der Waals surface area contributed by atoms with E-state index in [-0.39, 0.29) is 11.3 Å². The summed E-state index contributed by atoms with van der Waals surface area (Å²) < 4.78 is 14.5. The van der Waals surface area contributed by atoms with Crippen molar-refractivity contribution in [3.05, 3.63) is 101 Å². The minimum absolute atomic E-state index is 0.0512. The number of carbonyl (C=O) groups excluding carboxylic acids is 2. The lowest BCUT2D eigenvalue weighted by Crippen LogP contribution is -2.29. The van der Waals surface area contributed by atoms with Gasteiger partial charge >= 0.3 is 5.91 Å². The fourth-order valence-electron chi connectivity index (χ4n) is 3.82. The molecule has 1 amide bonds. The average molecular weight is 444 g/mol. The molecule has 1 aliphatic rings. The van der Waals surface area contributed by atoms with Crippen LogP contribution < -0.4 is 4.90 Å². The number of aliphatic hydroxyl groups excluding tert-OH is 1. The number of halogens is 1. The first kappa shape index (κ1) is 20.1. The number of aromatic nitrogens is 1. The Morgan fingerprint density at radius 1 is 1.00 bits per heavy atom. The van der Waals surface area contributed by atoms with E-state index in [0.29, 0.717) is 21.8 Å². The normalized spacial score (nSPS) is 17.9. The van der Waals surface area contributed by atoms with Crippen molar-refractivity contribution in [1.82, 2.24) is 4.98 Å². The van der Waals surface area contributed by atoms with Gasteiger partial charge in [-0.1, -0.05) is 65.4 Å². The highest BCUT2D eigenvalue weighted by Crippen LogP contribution is 2.44. The quantitative estimate of drug-likeness (QED) is 0.262. The summed E-state index contributed by atoms with van der Waals surface area (Å²) in [6, 6.07) is 19.0. The average Bonchev–Trinajstić information content (AvgIpc) is 3.33. The van der Waals surface area contributed by atoms with Crippen LogP contribution in [0.2, 0.25) is 0 Å². The molecule has 5 nitrogen and oxygen atoms in total. The van der Waals surface area contributed by atoms with Gasteiger partial charge in [0.1, 0.15) is 11.6 Å². The fourth-order valence-corrected chi connectivity index (χ4v) is 4.81. The van der Waals surface area contributed by atoms with Crippen LogP contribution in [0.15, 0.2) is 78.4 Å². The Balaban J connectivity index is 1.73. The smallest absolute Gasteiger partial charge is 0.301 e. The number of nitrogens with zero attached hydrogens (tertiary/aromatic N) is 2. The first-order valence-electron chi connectivity index (χ1n) is 9.93. The van der Waals surface area contributed by atoms with Crippen LogP contribution in [0.5, 0.6) is 0 Å². The molecule has 1 aromatic heterocycles. The van der Waals surface area contributed by atoms with Crippen molar-refractivity contribution in [3.63, 3.8) is 0 Å². The van der Waals surface area contributed by atoms with Crippen LogP contribution in [0.4, 0.5) is 9.52 Å². The first-order chi connectivity index (χ1) is 15.4. The molecular weight excluding hydrogens is 427 g/mol. The summed E-state index contributed by atoms with van der Waals surface area (Å²) in [7, 11) is 0. The van der Waals surface area contributed by atoms with Crippen molar-refractivity contribution in [2.24, 2.45) is 0 Å². The lowest BCUT2D eigenvalue weighted by Gasteiger charge is -2.23. The molecule has 7 heteroatoms. The fraction of sp³-hybridized carbons (Fsp3) is 0.0800. The zero-order valence-electron chi connectivity index (χ0n) is 16.9. The number of aryl methyl sites for hydroxylation is 1. The number of rotatable bonds is 3. The van der Waals surface area contributed by atoms with Crippen LogP contribution in [0, 0.1) is 12.7 Å². The van der Waals surface area contributed by atoms with Crippen LogP contribution in [0.25, 0.3) is 16.0 Å². The molecule has 1 atom stereocenters. The lowest BCUT2D eigenvalue weighted by atomic mass is 9.95. The van der Waals surface area contributed by atoms with E-state index in [4.69, 9.17) is 0 Å². The molecule has 1 saturated heterocycles. The Hall–Kier alpha value is -3.84. The molecule has 0 aliphatic carbocycles. The third-order valence-electron chi connectivity index (χ3n) is 5.44. The highest BCUT2D eigenvalue weighted by molar-refractivity contribution is 7.22. The zero-order valence-corrected chi connectivity index (χ0v) is 17.8. The van der Waals surface area contributed by atoms with Gasteiger partial charge < -0.3 is 5.11 Å². The molecule has 32 heavy (non-hydrogen) atoms. The van der Waals surface area contributed by atoms with Crippen molar-refractivity contribution < 1.29 is 19.1 Å². The predicted molar refractivity (Wildman–Crippen MR) is 122 cm³/mol. The van der Waals surface area contributed by atoms with E-state index in [2.05, 4.69) is 4.98 Å². The van der Waals surface area contributed by atoms with Crippen LogP contribution >= 0.6 is 11.3 Å². The number of hydrogen-bond acceptors (Lipinski definition) is 5. The SMILES string of the molecule is Cc1ccc(/C(O)=C2\C(=O)C(=O)N(c3nc4ccccc4s3)[C@H]2c2ccc(F)cc2)cc1. The summed E-state index contributed by atoms with van der Waals surface area (Å²) in [6.07, 6.45) is 0. The number of thiazole rings is 1. The summed E-state index contributed by atoms with van der Waals surface area (Å²) in [5.74, 6) is -2.31. The van der Waals surface area contributed by atoms with E-state index >= 15 is 0 Å². The predicted octanol–water partition coefficient (Wildman–Crippen LogP) is 5.37. The van der Waals surface area contributed by atoms with Crippen molar-refractivity contribution in [2.75, 3.05) is 4.90 Å². The molecule has 158 valence electrons. The van der Waals surface area contributed by atoms with Gasteiger partial charge in [0.2, 0.25) is 0 Å². The molecule has 1 aliphatic heterocycles. The molecule has 0 spiro atoms. The monoisotopic (exact) mass is 444 g/mol. The van der Waals surface area contributed by atoms with Crippen molar-refractivity contribution in [3.8, 4) is 0 Å². The number of Topliss-reactive ketones (excluding diaryl/α,β-unsaturated/α-hetero) is 1. The van der Waals surface area contributed by atoms with Gasteiger partial charge in [0.15, 0.2) is 5.13 Å². The van der Waals surface area contributed by atoms with Gasteiger partial charge in [0.05, 0.1) is 21.8 Å². The van der Waals surface area contributed by atoms with Crippen LogP contribution in [-0.2, 0) is 9.59 Å². The van der Waals surface area contributed by atoms with Gasteiger partial charge in [-0.05, 0) is 36.8 Å². The second kappa shape index (κ2) is 7.69. The number of fused-ring (bicyclic) bond motifs is 1. The number of benzene rings is 3. The number of ketones is 1. The molecule has 1 fully saturated rings. The number of carbonyl (C=O) groups is 2. The van der Waals surface area contributed by atoms with Crippen LogP contribution in [-0.4, -0.2) is 21.8 Å². The Morgan fingerprint density at radius 2 is 1.69 bits per heavy atom. The number of para-hydroxylation sites is 1. The van der Waals surface area contributed by atoms with E-state index in [1.165, 1.54) is 40.5 Å². The molecule has 1 N–H and O–H groups in total. The molecule has 0 saturated carbocycles. The minimum Gasteiger partial charge on any atom is -0.507 e. The summed E-state index contributed by atoms with van der Waals surface area (Å²) in [4.78, 5) is 32.1. The van der Waals surface area contributed by atoms with Gasteiger partial charge in [0.25, 0.3) is 5.78 Å². The largest absolute Gasteiger partial charge is 0.507 e. The number of anilines is 1. The first-order valence-corrected chi connectivity index (χ1v) is 10.7. The topological polar surface area (TPSA) is 70.5 Å². The van der Waals surface area contributed by atoms with E-state index < -0.39 is 23.5 Å². The van der Waals surface area contributed by atoms with Crippen LogP contribution in [0.1, 0.15) is 22.7 Å². The Kier molecular flexibility index (Phi) is 4.83. The third-order valence-corrected chi connectivity index (χ3v) is 6.48. The summed E-state index contributed by atoms with van der Waals surface area (Å²) in [6.45, 7) is 1.91. The van der Waals surface area contributed by atoms with E-state index in [0.717, 1.165) is 10.3 Å². The van der Waals surface area contributed by atoms with Crippen molar-refractivity contribution in [1.29, 1.82) is 0 Å². The van der Waals surface area contributed by atoms with Crippen molar-refractivity contribution >= 4 is 44.1 Å². The minimum atomic E-state index is -0.933. The van der Waals surface area contributed by atoms with Gasteiger partial charge in [-0.3, -0.25) is 14.5 Å². The van der Waals surface area contributed by atoms with Crippen LogP contribution in [0.3, 0.4) is 0 Å². The highest BCUT2D eigenvalue weighted by Gasteiger charge is 2.48. The second-order valence-electron chi connectivity index (χ2n) is 7.55. The van der Waals surface area contributed by atoms with Gasteiger partial charge in [-0.15, -0.1) is 0 Å². The third kappa shape index (κ3) is 3.27. The summed E-state index contributed by atoms with van der Waals surface area (Å²) in [5, 5.41) is 11.4. The molecule has 0 radical (unpaired) electrons. The van der Waals surface area contributed by atoms with E-state index in [9.17, 15) is 19.1 Å². The van der Waals surface area contributed by atoms with Gasteiger partial charge in [0, 0.05) is 5.56 Å². The van der Waals surface area contributed by atoms with Crippen molar-refractivity contribution in [2.45, 2.75) is 13.0 Å². The maximum Gasteiger partial charge on any atom is 0.301 e. The summed E-state index contributed by atoms with van der Waals surface area (Å²) >= 11 is 1.28.